The van der Waals surface area contributed by atoms with Crippen LogP contribution in [0.5, 0.6) is 0 Å². The molecule has 2 unspecified atom stereocenters. The lowest BCUT2D eigenvalue weighted by atomic mass is 10.3. The lowest BCUT2D eigenvalue weighted by Crippen LogP contribution is -2.38. The van der Waals surface area contributed by atoms with Gasteiger partial charge in [-0.15, -0.1) is 11.6 Å². The molecule has 1 N–H and O–H groups in total. The molecule has 17 heavy (non-hydrogen) atoms. The van der Waals surface area contributed by atoms with E-state index in [1.165, 1.54) is 18.2 Å². The molecule has 0 heterocycles. The summed E-state index contributed by atoms with van der Waals surface area (Å²) in [5.74, 6) is -0.746. The third-order valence-corrected chi connectivity index (χ3v) is 4.91. The summed E-state index contributed by atoms with van der Waals surface area (Å²) in [7, 11) is -3.82. The molecule has 1 saturated carbocycles. The maximum Gasteiger partial charge on any atom is 0.243 e. The van der Waals surface area contributed by atoms with Crippen molar-refractivity contribution in [1.29, 1.82) is 0 Å². The minimum Gasteiger partial charge on any atom is -0.207 e. The van der Waals surface area contributed by atoms with Crippen LogP contribution < -0.4 is 4.72 Å². The van der Waals surface area contributed by atoms with E-state index in [9.17, 15) is 12.8 Å². The topological polar surface area (TPSA) is 46.2 Å². The number of sulfonamides is 1. The Kier molecular flexibility index (Phi) is 3.70. The molecule has 1 aliphatic rings. The summed E-state index contributed by atoms with van der Waals surface area (Å²) in [5.41, 5.74) is 0. The fourth-order valence-corrected chi connectivity index (χ4v) is 3.78. The molecule has 0 aliphatic heterocycles. The second-order valence-electron chi connectivity index (χ2n) is 4.11. The van der Waals surface area contributed by atoms with Crippen LogP contribution >= 0.6 is 11.6 Å². The van der Waals surface area contributed by atoms with Crippen LogP contribution in [0.2, 0.25) is 0 Å². The summed E-state index contributed by atoms with van der Waals surface area (Å²) >= 11 is 5.99. The normalized spacial score (nSPS) is 25.1. The van der Waals surface area contributed by atoms with Gasteiger partial charge in [-0.1, -0.05) is 18.6 Å². The van der Waals surface area contributed by atoms with Crippen LogP contribution in [0.3, 0.4) is 0 Å². The number of alkyl halides is 1. The van der Waals surface area contributed by atoms with Gasteiger partial charge in [0.15, 0.2) is 0 Å². The van der Waals surface area contributed by atoms with Crippen molar-refractivity contribution in [3.63, 3.8) is 0 Å². The predicted octanol–water partition coefficient (Wildman–Crippen LogP) is 2.26. The molecule has 0 saturated heterocycles. The van der Waals surface area contributed by atoms with Gasteiger partial charge in [0, 0.05) is 11.4 Å². The molecule has 2 atom stereocenters. The first-order valence-corrected chi connectivity index (χ1v) is 7.33. The molecule has 1 aliphatic carbocycles. The Hall–Kier alpha value is -0.650. The number of hydrogen-bond donors (Lipinski definition) is 1. The summed E-state index contributed by atoms with van der Waals surface area (Å²) in [6, 6.07) is 5.01. The van der Waals surface area contributed by atoms with Crippen molar-refractivity contribution in [3.05, 3.63) is 30.1 Å². The highest BCUT2D eigenvalue weighted by molar-refractivity contribution is 7.89. The number of rotatable bonds is 3. The summed E-state index contributed by atoms with van der Waals surface area (Å²) in [6.07, 6.45) is 2.37. The van der Waals surface area contributed by atoms with Crippen LogP contribution in [0.4, 0.5) is 4.39 Å². The third kappa shape index (κ3) is 2.78. The molecule has 0 bridgehead atoms. The minimum atomic E-state index is -3.82. The van der Waals surface area contributed by atoms with Crippen molar-refractivity contribution in [2.24, 2.45) is 0 Å². The lowest BCUT2D eigenvalue weighted by molar-refractivity contribution is 0.538. The van der Waals surface area contributed by atoms with Crippen molar-refractivity contribution in [1.82, 2.24) is 4.72 Å². The Labute approximate surface area is 105 Å². The second kappa shape index (κ2) is 4.92. The number of halogens is 2. The maximum atomic E-state index is 13.4. The zero-order valence-electron chi connectivity index (χ0n) is 9.07. The Morgan fingerprint density at radius 2 is 2.00 bits per heavy atom. The Morgan fingerprint density at radius 1 is 1.29 bits per heavy atom. The summed E-state index contributed by atoms with van der Waals surface area (Å²) in [5, 5.41) is -0.212. The molecule has 1 aromatic carbocycles. The molecule has 0 amide bonds. The van der Waals surface area contributed by atoms with Crippen molar-refractivity contribution in [2.75, 3.05) is 0 Å². The van der Waals surface area contributed by atoms with Gasteiger partial charge in [-0.2, -0.15) is 0 Å². The summed E-state index contributed by atoms with van der Waals surface area (Å²) in [4.78, 5) is -0.323. The highest BCUT2D eigenvalue weighted by atomic mass is 35.5. The number of nitrogens with one attached hydrogen (secondary N) is 1. The van der Waals surface area contributed by atoms with Crippen LogP contribution in [0.15, 0.2) is 29.2 Å². The van der Waals surface area contributed by atoms with E-state index in [1.807, 2.05) is 0 Å². The van der Waals surface area contributed by atoms with E-state index in [4.69, 9.17) is 11.6 Å². The molecule has 0 radical (unpaired) electrons. The molecule has 1 fully saturated rings. The van der Waals surface area contributed by atoms with Crippen molar-refractivity contribution in [3.8, 4) is 0 Å². The maximum absolute atomic E-state index is 13.4. The Morgan fingerprint density at radius 3 is 2.59 bits per heavy atom. The highest BCUT2D eigenvalue weighted by Crippen LogP contribution is 2.26. The quantitative estimate of drug-likeness (QED) is 0.862. The molecule has 94 valence electrons. The van der Waals surface area contributed by atoms with Gasteiger partial charge in [-0.05, 0) is 25.0 Å². The van der Waals surface area contributed by atoms with E-state index in [0.29, 0.717) is 6.42 Å². The van der Waals surface area contributed by atoms with E-state index in [-0.39, 0.29) is 16.3 Å². The first-order chi connectivity index (χ1) is 8.00. The van der Waals surface area contributed by atoms with Crippen LogP contribution in [0, 0.1) is 5.82 Å². The molecule has 1 aromatic rings. The minimum absolute atomic E-state index is 0.212. The molecule has 6 heteroatoms. The van der Waals surface area contributed by atoms with Gasteiger partial charge in [0.05, 0.1) is 0 Å². The highest BCUT2D eigenvalue weighted by Gasteiger charge is 2.30. The molecular weight excluding hydrogens is 265 g/mol. The van der Waals surface area contributed by atoms with E-state index in [0.717, 1.165) is 18.9 Å². The van der Waals surface area contributed by atoms with E-state index >= 15 is 0 Å². The molecular formula is C11H13ClFNO2S. The zero-order valence-corrected chi connectivity index (χ0v) is 10.6. The first-order valence-electron chi connectivity index (χ1n) is 5.41. The molecule has 3 nitrogen and oxygen atoms in total. The molecule has 0 aromatic heterocycles. The largest absolute Gasteiger partial charge is 0.243 e. The van der Waals surface area contributed by atoms with E-state index in [1.54, 1.807) is 0 Å². The van der Waals surface area contributed by atoms with Gasteiger partial charge >= 0.3 is 0 Å². The summed E-state index contributed by atoms with van der Waals surface area (Å²) < 4.78 is 39.8. The summed E-state index contributed by atoms with van der Waals surface area (Å²) in [6.45, 7) is 0. The molecule has 2 rings (SSSR count). The van der Waals surface area contributed by atoms with Crippen LogP contribution in [-0.4, -0.2) is 19.8 Å². The van der Waals surface area contributed by atoms with Crippen molar-refractivity contribution >= 4 is 21.6 Å². The third-order valence-electron chi connectivity index (χ3n) is 2.86. The monoisotopic (exact) mass is 277 g/mol. The average molecular weight is 278 g/mol. The number of benzene rings is 1. The second-order valence-corrected chi connectivity index (χ2v) is 6.35. The van der Waals surface area contributed by atoms with Crippen LogP contribution in [0.25, 0.3) is 0 Å². The van der Waals surface area contributed by atoms with Gasteiger partial charge in [-0.3, -0.25) is 0 Å². The standard InChI is InChI=1S/C11H13ClFNO2S/c12-8-4-3-6-10(8)14-17(15,16)11-7-2-1-5-9(11)13/h1-2,5,7-8,10,14H,3-4,6H2. The van der Waals surface area contributed by atoms with Crippen molar-refractivity contribution in [2.45, 2.75) is 35.6 Å². The van der Waals surface area contributed by atoms with Gasteiger partial charge in [0.1, 0.15) is 10.7 Å². The lowest BCUT2D eigenvalue weighted by Gasteiger charge is -2.16. The number of hydrogen-bond acceptors (Lipinski definition) is 2. The SMILES string of the molecule is O=S(=O)(NC1CCCC1Cl)c1ccccc1F. The Bertz CT molecular complexity index is 506. The molecule has 0 spiro atoms. The van der Waals surface area contributed by atoms with Gasteiger partial charge in [-0.25, -0.2) is 17.5 Å². The smallest absolute Gasteiger partial charge is 0.207 e. The van der Waals surface area contributed by atoms with Crippen molar-refractivity contribution < 1.29 is 12.8 Å². The van der Waals surface area contributed by atoms with Gasteiger partial charge in [0.25, 0.3) is 0 Å². The van der Waals surface area contributed by atoms with Crippen LogP contribution in [-0.2, 0) is 10.0 Å². The predicted molar refractivity (Wildman–Crippen MR) is 64.0 cm³/mol. The zero-order chi connectivity index (χ0) is 12.5. The van der Waals surface area contributed by atoms with Crippen LogP contribution in [0.1, 0.15) is 19.3 Å². The fourth-order valence-electron chi connectivity index (χ4n) is 1.97. The van der Waals surface area contributed by atoms with E-state index in [2.05, 4.69) is 4.72 Å². The van der Waals surface area contributed by atoms with Gasteiger partial charge < -0.3 is 0 Å². The fraction of sp³-hybridized carbons (Fsp3) is 0.455. The first kappa shape index (κ1) is 12.8. The average Bonchev–Trinajstić information content (AvgIpc) is 2.64. The van der Waals surface area contributed by atoms with Gasteiger partial charge in [0.2, 0.25) is 10.0 Å². The van der Waals surface area contributed by atoms with E-state index < -0.39 is 15.8 Å². The Balaban J connectivity index is 2.22.